The number of thiophene rings is 2. The van der Waals surface area contributed by atoms with Gasteiger partial charge in [0.1, 0.15) is 10.6 Å². The second kappa shape index (κ2) is 11.3. The number of allylic oxidation sites excluding steroid dienone is 1. The number of amides is 2. The standard InChI is InChI=1S/C31H37N3O3S2/c1-18(2)19-9-8-10-20(15-19)27-23(21-13-14-32-17-25(21)38-27)16-33-30(36)34-28-26(29(35)37-31(3,4)5)22-11-6-7-12-24(22)39-28/h8-10,15,32H,1,6-7,11-14,16-17H2,2-5H3,(H2,33,34,36). The molecule has 39 heavy (non-hydrogen) atoms. The van der Waals surface area contributed by atoms with Gasteiger partial charge in [-0.2, -0.15) is 0 Å². The van der Waals surface area contributed by atoms with Crippen LogP contribution in [0.15, 0.2) is 30.8 Å². The summed E-state index contributed by atoms with van der Waals surface area (Å²) in [4.78, 5) is 30.1. The van der Waals surface area contributed by atoms with Gasteiger partial charge in [0.25, 0.3) is 0 Å². The number of hydrogen-bond acceptors (Lipinski definition) is 6. The first-order valence-electron chi connectivity index (χ1n) is 13.6. The van der Waals surface area contributed by atoms with E-state index in [0.29, 0.717) is 17.1 Å². The van der Waals surface area contributed by atoms with Crippen LogP contribution in [-0.4, -0.2) is 24.1 Å². The number of fused-ring (bicyclic) bond motifs is 2. The molecule has 0 saturated heterocycles. The largest absolute Gasteiger partial charge is 0.456 e. The molecule has 0 radical (unpaired) electrons. The quantitative estimate of drug-likeness (QED) is 0.275. The molecule has 1 aromatic carbocycles. The first kappa shape index (κ1) is 27.6. The Hall–Kier alpha value is -2.94. The van der Waals surface area contributed by atoms with Crippen LogP contribution in [-0.2, 0) is 37.1 Å². The predicted molar refractivity (Wildman–Crippen MR) is 162 cm³/mol. The smallest absolute Gasteiger partial charge is 0.341 e. The molecule has 1 aliphatic heterocycles. The van der Waals surface area contributed by atoms with Gasteiger partial charge in [0.2, 0.25) is 0 Å². The third-order valence-electron chi connectivity index (χ3n) is 7.08. The molecule has 0 bridgehead atoms. The first-order chi connectivity index (χ1) is 18.6. The van der Waals surface area contributed by atoms with E-state index in [2.05, 4.69) is 46.8 Å². The van der Waals surface area contributed by atoms with Gasteiger partial charge in [-0.1, -0.05) is 30.4 Å². The van der Waals surface area contributed by atoms with Crippen molar-refractivity contribution in [1.29, 1.82) is 0 Å². The third-order valence-corrected chi connectivity index (χ3v) is 9.61. The number of ether oxygens (including phenoxy) is 1. The SMILES string of the molecule is C=C(C)c1cccc(-c2sc3c(c2CNC(=O)Nc2sc4c(c2C(=O)OC(C)(C)C)CCCC4)CCNC3)c1. The minimum atomic E-state index is -0.606. The van der Waals surface area contributed by atoms with E-state index in [-0.39, 0.29) is 12.0 Å². The van der Waals surface area contributed by atoms with Crippen LogP contribution >= 0.6 is 22.7 Å². The molecular formula is C31H37N3O3S2. The molecule has 6 nitrogen and oxygen atoms in total. The number of carbonyl (C=O) groups excluding carboxylic acids is 2. The van der Waals surface area contributed by atoms with Crippen molar-refractivity contribution in [2.24, 2.45) is 0 Å². The summed E-state index contributed by atoms with van der Waals surface area (Å²) in [6.45, 7) is 13.9. The molecule has 0 unspecified atom stereocenters. The molecule has 2 aromatic heterocycles. The second-order valence-corrected chi connectivity index (χ2v) is 13.5. The highest BCUT2D eigenvalue weighted by Crippen LogP contribution is 2.40. The Labute approximate surface area is 238 Å². The number of carbonyl (C=O) groups is 2. The minimum Gasteiger partial charge on any atom is -0.456 e. The lowest BCUT2D eigenvalue weighted by atomic mass is 9.95. The molecule has 0 atom stereocenters. The molecule has 0 spiro atoms. The lowest BCUT2D eigenvalue weighted by molar-refractivity contribution is 0.00699. The first-order valence-corrected chi connectivity index (χ1v) is 15.3. The summed E-state index contributed by atoms with van der Waals surface area (Å²) in [5.41, 5.74) is 6.74. The van der Waals surface area contributed by atoms with E-state index >= 15 is 0 Å². The lowest BCUT2D eigenvalue weighted by Gasteiger charge is -2.21. The van der Waals surface area contributed by atoms with Crippen molar-refractivity contribution in [1.82, 2.24) is 10.6 Å². The highest BCUT2D eigenvalue weighted by molar-refractivity contribution is 7.17. The van der Waals surface area contributed by atoms with Crippen LogP contribution in [0.25, 0.3) is 16.0 Å². The maximum Gasteiger partial charge on any atom is 0.341 e. The van der Waals surface area contributed by atoms with Crippen molar-refractivity contribution in [3.63, 3.8) is 0 Å². The monoisotopic (exact) mass is 563 g/mol. The van der Waals surface area contributed by atoms with Crippen molar-refractivity contribution in [2.75, 3.05) is 11.9 Å². The highest BCUT2D eigenvalue weighted by Gasteiger charge is 2.30. The van der Waals surface area contributed by atoms with Gasteiger partial charge < -0.3 is 15.4 Å². The summed E-state index contributed by atoms with van der Waals surface area (Å²) in [5, 5.41) is 10.2. The van der Waals surface area contributed by atoms with Gasteiger partial charge in [-0.25, -0.2) is 9.59 Å². The molecule has 3 N–H and O–H groups in total. The lowest BCUT2D eigenvalue weighted by Crippen LogP contribution is -2.30. The fraction of sp³-hybridized carbons (Fsp3) is 0.419. The average molecular weight is 564 g/mol. The van der Waals surface area contributed by atoms with Crippen molar-refractivity contribution >= 4 is 45.2 Å². The van der Waals surface area contributed by atoms with Gasteiger partial charge >= 0.3 is 12.0 Å². The van der Waals surface area contributed by atoms with Gasteiger partial charge in [-0.15, -0.1) is 22.7 Å². The number of benzene rings is 1. The zero-order valence-corrected chi connectivity index (χ0v) is 24.8. The Morgan fingerprint density at radius 3 is 2.64 bits per heavy atom. The number of nitrogens with one attached hydrogen (secondary N) is 3. The summed E-state index contributed by atoms with van der Waals surface area (Å²) >= 11 is 3.31. The molecule has 0 saturated carbocycles. The number of hydrogen-bond donors (Lipinski definition) is 3. The van der Waals surface area contributed by atoms with Crippen molar-refractivity contribution < 1.29 is 14.3 Å². The van der Waals surface area contributed by atoms with Crippen LogP contribution in [0.5, 0.6) is 0 Å². The molecule has 2 aliphatic rings. The zero-order chi connectivity index (χ0) is 27.7. The van der Waals surface area contributed by atoms with Crippen LogP contribution in [0, 0.1) is 0 Å². The Bertz CT molecular complexity index is 1430. The maximum atomic E-state index is 13.3. The summed E-state index contributed by atoms with van der Waals surface area (Å²) in [5.74, 6) is -0.365. The summed E-state index contributed by atoms with van der Waals surface area (Å²) in [6, 6.07) is 8.14. The average Bonchev–Trinajstić information content (AvgIpc) is 3.44. The number of rotatable bonds is 6. The topological polar surface area (TPSA) is 79.5 Å². The Morgan fingerprint density at radius 2 is 1.87 bits per heavy atom. The van der Waals surface area contributed by atoms with Gasteiger partial charge in [0.05, 0.1) is 5.56 Å². The Balaban J connectivity index is 1.39. The number of aryl methyl sites for hydroxylation is 1. The highest BCUT2D eigenvalue weighted by atomic mass is 32.1. The maximum absolute atomic E-state index is 13.3. The van der Waals surface area contributed by atoms with E-state index in [9.17, 15) is 9.59 Å². The summed E-state index contributed by atoms with van der Waals surface area (Å²) in [7, 11) is 0. The van der Waals surface area contributed by atoms with Crippen LogP contribution < -0.4 is 16.0 Å². The molecule has 5 rings (SSSR count). The fourth-order valence-electron chi connectivity index (χ4n) is 5.26. The number of anilines is 1. The van der Waals surface area contributed by atoms with Crippen LogP contribution in [0.2, 0.25) is 0 Å². The minimum absolute atomic E-state index is 0.311. The van der Waals surface area contributed by atoms with E-state index in [0.717, 1.165) is 67.5 Å². The van der Waals surface area contributed by atoms with Crippen LogP contribution in [0.1, 0.15) is 82.9 Å². The van der Waals surface area contributed by atoms with E-state index < -0.39 is 5.60 Å². The van der Waals surface area contributed by atoms with E-state index in [1.165, 1.54) is 37.1 Å². The van der Waals surface area contributed by atoms with Crippen LogP contribution in [0.3, 0.4) is 0 Å². The van der Waals surface area contributed by atoms with E-state index in [1.54, 1.807) is 11.3 Å². The number of esters is 1. The van der Waals surface area contributed by atoms with E-state index in [4.69, 9.17) is 4.74 Å². The molecule has 8 heteroatoms. The normalized spacial score (nSPS) is 14.8. The Kier molecular flexibility index (Phi) is 7.99. The summed E-state index contributed by atoms with van der Waals surface area (Å²) in [6.07, 6.45) is 4.84. The van der Waals surface area contributed by atoms with Gasteiger partial charge in [-0.3, -0.25) is 5.32 Å². The molecule has 1 aliphatic carbocycles. The van der Waals surface area contributed by atoms with Crippen molar-refractivity contribution in [3.8, 4) is 10.4 Å². The van der Waals surface area contributed by atoms with E-state index in [1.807, 2.05) is 27.7 Å². The zero-order valence-electron chi connectivity index (χ0n) is 23.2. The fourth-order valence-corrected chi connectivity index (χ4v) is 7.87. The van der Waals surface area contributed by atoms with Gasteiger partial charge in [-0.05, 0) is 100 Å². The van der Waals surface area contributed by atoms with Crippen LogP contribution in [0.4, 0.5) is 9.80 Å². The Morgan fingerprint density at radius 1 is 1.08 bits per heavy atom. The summed E-state index contributed by atoms with van der Waals surface area (Å²) < 4.78 is 5.73. The second-order valence-electron chi connectivity index (χ2n) is 11.3. The van der Waals surface area contributed by atoms with Gasteiger partial charge in [0.15, 0.2) is 0 Å². The molecular weight excluding hydrogens is 526 g/mol. The molecule has 2 amide bonds. The molecule has 206 valence electrons. The van der Waals surface area contributed by atoms with Gasteiger partial charge in [0, 0.05) is 27.7 Å². The molecule has 3 heterocycles. The number of urea groups is 1. The predicted octanol–water partition coefficient (Wildman–Crippen LogP) is 7.31. The van der Waals surface area contributed by atoms with Crippen molar-refractivity contribution in [3.05, 3.63) is 68.4 Å². The molecule has 3 aromatic rings. The molecule has 0 fully saturated rings. The van der Waals surface area contributed by atoms with Crippen molar-refractivity contribution in [2.45, 2.75) is 78.5 Å². The third kappa shape index (κ3) is 6.13.